The van der Waals surface area contributed by atoms with Crippen LogP contribution in [0.1, 0.15) is 5.56 Å². The highest BCUT2D eigenvalue weighted by atomic mass is 32.2. The van der Waals surface area contributed by atoms with Gasteiger partial charge in [0, 0.05) is 17.0 Å². The molecule has 0 unspecified atom stereocenters. The Morgan fingerprint density at radius 1 is 1.38 bits per heavy atom. The van der Waals surface area contributed by atoms with E-state index in [-0.39, 0.29) is 10.6 Å². The summed E-state index contributed by atoms with van der Waals surface area (Å²) >= 11 is 1.00. The summed E-state index contributed by atoms with van der Waals surface area (Å²) in [6, 6.07) is 10.9. The molecule has 0 aliphatic carbocycles. The molecule has 106 valence electrons. The Bertz CT molecular complexity index is 743. The van der Waals surface area contributed by atoms with E-state index in [9.17, 15) is 14.5 Å². The van der Waals surface area contributed by atoms with Crippen molar-refractivity contribution >= 4 is 17.4 Å². The third-order valence-corrected chi connectivity index (χ3v) is 3.63. The van der Waals surface area contributed by atoms with Crippen molar-refractivity contribution in [3.8, 4) is 11.8 Å². The summed E-state index contributed by atoms with van der Waals surface area (Å²) in [5, 5.41) is 19.9. The fourth-order valence-corrected chi connectivity index (χ4v) is 2.71. The highest BCUT2D eigenvalue weighted by Gasteiger charge is 2.23. The second kappa shape index (κ2) is 6.24. The van der Waals surface area contributed by atoms with Crippen molar-refractivity contribution in [3.63, 3.8) is 0 Å². The summed E-state index contributed by atoms with van der Waals surface area (Å²) in [7, 11) is 1.35. The quantitative estimate of drug-likeness (QED) is 0.635. The van der Waals surface area contributed by atoms with Gasteiger partial charge in [-0.3, -0.25) is 10.1 Å². The van der Waals surface area contributed by atoms with Crippen LogP contribution in [0.5, 0.6) is 5.75 Å². The predicted octanol–water partition coefficient (Wildman–Crippen LogP) is 3.77. The molecule has 21 heavy (non-hydrogen) atoms. The Morgan fingerprint density at radius 3 is 2.76 bits per heavy atom. The Morgan fingerprint density at radius 2 is 2.14 bits per heavy atom. The Balaban J connectivity index is 2.49. The molecule has 2 rings (SSSR count). The molecule has 0 atom stereocenters. The maximum atomic E-state index is 13.8. The van der Waals surface area contributed by atoms with Crippen molar-refractivity contribution in [1.29, 1.82) is 5.26 Å². The number of nitriles is 1. The van der Waals surface area contributed by atoms with Crippen LogP contribution < -0.4 is 4.74 Å². The summed E-state index contributed by atoms with van der Waals surface area (Å²) in [6.45, 7) is 0. The molecule has 0 heterocycles. The number of methoxy groups -OCH3 is 1. The highest BCUT2D eigenvalue weighted by Crippen LogP contribution is 2.39. The van der Waals surface area contributed by atoms with Gasteiger partial charge in [-0.1, -0.05) is 17.8 Å². The fraction of sp³-hybridized carbons (Fsp3) is 0.0714. The monoisotopic (exact) mass is 304 g/mol. The Kier molecular flexibility index (Phi) is 4.40. The zero-order valence-electron chi connectivity index (χ0n) is 10.9. The van der Waals surface area contributed by atoms with Gasteiger partial charge in [0.05, 0.1) is 28.6 Å². The van der Waals surface area contributed by atoms with Crippen LogP contribution >= 0.6 is 11.8 Å². The molecule has 0 aliphatic heterocycles. The molecule has 0 bridgehead atoms. The zero-order valence-corrected chi connectivity index (χ0v) is 11.7. The van der Waals surface area contributed by atoms with Crippen LogP contribution in [0.2, 0.25) is 0 Å². The largest absolute Gasteiger partial charge is 0.497 e. The smallest absolute Gasteiger partial charge is 0.318 e. The number of benzene rings is 2. The summed E-state index contributed by atoms with van der Waals surface area (Å²) in [6.07, 6.45) is 0. The number of hydrogen-bond acceptors (Lipinski definition) is 5. The van der Waals surface area contributed by atoms with E-state index >= 15 is 0 Å². The molecular weight excluding hydrogens is 295 g/mol. The molecule has 0 saturated carbocycles. The average Bonchev–Trinajstić information content (AvgIpc) is 2.46. The number of ether oxygens (including phenoxy) is 1. The van der Waals surface area contributed by atoms with Crippen molar-refractivity contribution in [1.82, 2.24) is 0 Å². The molecule has 0 radical (unpaired) electrons. The first-order valence-electron chi connectivity index (χ1n) is 5.75. The SMILES string of the molecule is COc1cc(F)c([N+](=O)[O-])c(Sc2cccc(C#N)c2)c1. The summed E-state index contributed by atoms with van der Waals surface area (Å²) < 4.78 is 18.7. The van der Waals surface area contributed by atoms with Gasteiger partial charge in [-0.05, 0) is 18.2 Å². The van der Waals surface area contributed by atoms with Gasteiger partial charge >= 0.3 is 5.69 Å². The van der Waals surface area contributed by atoms with Crippen molar-refractivity contribution in [3.05, 3.63) is 57.9 Å². The predicted molar refractivity (Wildman–Crippen MR) is 74.9 cm³/mol. The molecule has 0 N–H and O–H groups in total. The van der Waals surface area contributed by atoms with E-state index in [0.29, 0.717) is 10.5 Å². The number of halogens is 1. The van der Waals surface area contributed by atoms with Gasteiger partial charge in [-0.15, -0.1) is 0 Å². The Labute approximate surface area is 124 Å². The number of rotatable bonds is 4. The van der Waals surface area contributed by atoms with Crippen LogP contribution in [-0.4, -0.2) is 12.0 Å². The van der Waals surface area contributed by atoms with E-state index in [4.69, 9.17) is 10.00 Å². The first-order chi connectivity index (χ1) is 10.0. The molecule has 5 nitrogen and oxygen atoms in total. The minimum Gasteiger partial charge on any atom is -0.497 e. The van der Waals surface area contributed by atoms with Gasteiger partial charge in [0.2, 0.25) is 5.82 Å². The molecule has 0 amide bonds. The lowest BCUT2D eigenvalue weighted by Crippen LogP contribution is -1.96. The normalized spacial score (nSPS) is 9.95. The van der Waals surface area contributed by atoms with Crippen LogP contribution in [0.3, 0.4) is 0 Å². The fourth-order valence-electron chi connectivity index (χ4n) is 1.68. The number of nitro groups is 1. The van der Waals surface area contributed by atoms with E-state index in [0.717, 1.165) is 17.8 Å². The molecule has 0 fully saturated rings. The lowest BCUT2D eigenvalue weighted by molar-refractivity contribution is -0.390. The van der Waals surface area contributed by atoms with Gasteiger partial charge in [-0.2, -0.15) is 9.65 Å². The van der Waals surface area contributed by atoms with E-state index in [1.807, 2.05) is 6.07 Å². The van der Waals surface area contributed by atoms with Crippen molar-refractivity contribution in [2.24, 2.45) is 0 Å². The molecule has 2 aromatic carbocycles. The molecule has 0 saturated heterocycles. The van der Waals surface area contributed by atoms with Gasteiger partial charge in [-0.25, -0.2) is 0 Å². The third kappa shape index (κ3) is 3.30. The second-order valence-electron chi connectivity index (χ2n) is 3.95. The van der Waals surface area contributed by atoms with Gasteiger partial charge in [0.15, 0.2) is 0 Å². The number of hydrogen-bond donors (Lipinski definition) is 0. The van der Waals surface area contributed by atoms with Gasteiger partial charge in [0.25, 0.3) is 0 Å². The first kappa shape index (κ1) is 14.8. The highest BCUT2D eigenvalue weighted by molar-refractivity contribution is 7.99. The van der Waals surface area contributed by atoms with E-state index in [2.05, 4.69) is 0 Å². The van der Waals surface area contributed by atoms with Crippen molar-refractivity contribution in [2.45, 2.75) is 9.79 Å². The average molecular weight is 304 g/mol. The molecule has 0 spiro atoms. The summed E-state index contributed by atoms with van der Waals surface area (Å²) in [5.41, 5.74) is -0.186. The van der Waals surface area contributed by atoms with Crippen LogP contribution in [0, 0.1) is 27.3 Å². The zero-order chi connectivity index (χ0) is 15.4. The maximum absolute atomic E-state index is 13.8. The second-order valence-corrected chi connectivity index (χ2v) is 5.07. The summed E-state index contributed by atoms with van der Waals surface area (Å²) in [4.78, 5) is 11.0. The van der Waals surface area contributed by atoms with Crippen LogP contribution in [0.15, 0.2) is 46.2 Å². The van der Waals surface area contributed by atoms with Crippen LogP contribution in [-0.2, 0) is 0 Å². The van der Waals surface area contributed by atoms with Crippen molar-refractivity contribution < 1.29 is 14.1 Å². The number of nitro benzene ring substituents is 1. The Hall–Kier alpha value is -2.59. The standard InChI is InChI=1S/C14H9FN2O3S/c1-20-10-6-12(15)14(17(18)19)13(7-10)21-11-4-2-3-9(5-11)8-16/h2-7H,1H3. The maximum Gasteiger partial charge on any atom is 0.318 e. The lowest BCUT2D eigenvalue weighted by Gasteiger charge is -2.07. The molecule has 0 aliphatic rings. The van der Waals surface area contributed by atoms with Crippen LogP contribution in [0.4, 0.5) is 10.1 Å². The minimum atomic E-state index is -0.960. The number of nitrogens with zero attached hydrogens (tertiary/aromatic N) is 2. The topological polar surface area (TPSA) is 76.2 Å². The lowest BCUT2D eigenvalue weighted by atomic mass is 10.2. The van der Waals surface area contributed by atoms with E-state index < -0.39 is 16.4 Å². The van der Waals surface area contributed by atoms with Gasteiger partial charge < -0.3 is 4.74 Å². The minimum absolute atomic E-state index is 0.118. The van der Waals surface area contributed by atoms with Crippen molar-refractivity contribution in [2.75, 3.05) is 7.11 Å². The molecule has 0 aromatic heterocycles. The van der Waals surface area contributed by atoms with E-state index in [1.165, 1.54) is 13.2 Å². The summed E-state index contributed by atoms with van der Waals surface area (Å²) in [5.74, 6) is -0.768. The molecular formula is C14H9FN2O3S. The third-order valence-electron chi connectivity index (χ3n) is 2.61. The van der Waals surface area contributed by atoms with E-state index in [1.54, 1.807) is 24.3 Å². The molecule has 2 aromatic rings. The first-order valence-corrected chi connectivity index (χ1v) is 6.56. The molecule has 7 heteroatoms. The van der Waals surface area contributed by atoms with Gasteiger partial charge in [0.1, 0.15) is 5.75 Å². The van der Waals surface area contributed by atoms with Crippen LogP contribution in [0.25, 0.3) is 0 Å².